The van der Waals surface area contributed by atoms with E-state index in [9.17, 15) is 13.4 Å². The molecule has 0 heterocycles. The fourth-order valence-electron chi connectivity index (χ4n) is 1.04. The average molecular weight is 230 g/mol. The van der Waals surface area contributed by atoms with Crippen LogP contribution in [0.25, 0.3) is 0 Å². The Bertz CT molecular complexity index is 379. The first kappa shape index (κ1) is 12.0. The summed E-state index contributed by atoms with van der Waals surface area (Å²) in [6.07, 6.45) is 0. The summed E-state index contributed by atoms with van der Waals surface area (Å²) < 4.78 is 28.9. The first-order valence-electron chi connectivity index (χ1n) is 4.28. The number of methoxy groups -OCH3 is 1. The van der Waals surface area contributed by atoms with Crippen molar-refractivity contribution >= 4 is 16.6 Å². The second-order valence-corrected chi connectivity index (χ2v) is 4.37. The monoisotopic (exact) mass is 230 g/mol. The van der Waals surface area contributed by atoms with Crippen molar-refractivity contribution in [3.8, 4) is 0 Å². The number of ketones is 1. The molecular weight excluding hydrogens is 219 g/mol. The Labute approximate surface area is 89.7 Å². The van der Waals surface area contributed by atoms with Crippen LogP contribution in [0, 0.1) is 5.82 Å². The summed E-state index contributed by atoms with van der Waals surface area (Å²) in [5, 5.41) is 0. The van der Waals surface area contributed by atoms with Crippen molar-refractivity contribution in [2.75, 3.05) is 19.5 Å². The second kappa shape index (κ2) is 5.72. The predicted molar refractivity (Wildman–Crippen MR) is 54.6 cm³/mol. The van der Waals surface area contributed by atoms with E-state index in [1.165, 1.54) is 25.3 Å². The molecule has 1 aromatic rings. The summed E-state index contributed by atoms with van der Waals surface area (Å²) in [4.78, 5) is 11.4. The van der Waals surface area contributed by atoms with Gasteiger partial charge in [0.1, 0.15) is 12.4 Å². The summed E-state index contributed by atoms with van der Waals surface area (Å²) >= 11 is 0. The van der Waals surface area contributed by atoms with Gasteiger partial charge in [-0.3, -0.25) is 9.00 Å². The zero-order valence-corrected chi connectivity index (χ0v) is 9.05. The van der Waals surface area contributed by atoms with Crippen LogP contribution < -0.4 is 0 Å². The highest BCUT2D eigenvalue weighted by Crippen LogP contribution is 2.08. The van der Waals surface area contributed by atoms with Crippen molar-refractivity contribution in [1.29, 1.82) is 0 Å². The van der Waals surface area contributed by atoms with Gasteiger partial charge in [-0.05, 0) is 18.2 Å². The van der Waals surface area contributed by atoms with E-state index >= 15 is 0 Å². The predicted octanol–water partition coefficient (Wildman–Crippen LogP) is 1.15. The highest BCUT2D eigenvalue weighted by Gasteiger charge is 2.10. The Balaban J connectivity index is 2.65. The van der Waals surface area contributed by atoms with Gasteiger partial charge in [0, 0.05) is 12.0 Å². The van der Waals surface area contributed by atoms with Crippen molar-refractivity contribution in [3.05, 3.63) is 30.1 Å². The number of ether oxygens (including phenoxy) is 1. The van der Waals surface area contributed by atoms with E-state index in [0.717, 1.165) is 6.07 Å². The van der Waals surface area contributed by atoms with Gasteiger partial charge in [-0.15, -0.1) is 0 Å². The van der Waals surface area contributed by atoms with E-state index in [0.29, 0.717) is 4.90 Å². The maximum atomic E-state index is 12.8. The molecule has 0 N–H and O–H groups in total. The Morgan fingerprint density at radius 1 is 1.53 bits per heavy atom. The number of carbonyl (C=O) groups is 1. The molecule has 1 rings (SSSR count). The molecule has 5 heteroatoms. The zero-order valence-electron chi connectivity index (χ0n) is 8.23. The minimum atomic E-state index is -1.49. The first-order valence-corrected chi connectivity index (χ1v) is 5.60. The SMILES string of the molecule is COCC(=O)CS(=O)c1cccc(F)c1. The summed E-state index contributed by atoms with van der Waals surface area (Å²) in [5.41, 5.74) is 0. The van der Waals surface area contributed by atoms with Crippen LogP contribution in [0.2, 0.25) is 0 Å². The smallest absolute Gasteiger partial charge is 0.171 e. The topological polar surface area (TPSA) is 43.4 Å². The normalized spacial score (nSPS) is 12.4. The van der Waals surface area contributed by atoms with Crippen LogP contribution in [0.4, 0.5) is 4.39 Å². The molecule has 82 valence electrons. The molecule has 0 spiro atoms. The zero-order chi connectivity index (χ0) is 11.3. The molecule has 1 aromatic carbocycles. The molecule has 0 saturated heterocycles. The van der Waals surface area contributed by atoms with Gasteiger partial charge < -0.3 is 4.74 Å². The van der Waals surface area contributed by atoms with Crippen LogP contribution in [0.1, 0.15) is 0 Å². The molecule has 0 aliphatic carbocycles. The largest absolute Gasteiger partial charge is 0.377 e. The van der Waals surface area contributed by atoms with Crippen LogP contribution in [0.3, 0.4) is 0 Å². The van der Waals surface area contributed by atoms with Crippen LogP contribution >= 0.6 is 0 Å². The third-order valence-corrected chi connectivity index (χ3v) is 3.02. The molecule has 0 aromatic heterocycles. The lowest BCUT2D eigenvalue weighted by molar-refractivity contribution is -0.120. The highest BCUT2D eigenvalue weighted by molar-refractivity contribution is 7.85. The summed E-state index contributed by atoms with van der Waals surface area (Å²) in [6.45, 7) is -0.0684. The van der Waals surface area contributed by atoms with Crippen molar-refractivity contribution in [2.24, 2.45) is 0 Å². The first-order chi connectivity index (χ1) is 7.13. The number of carbonyl (C=O) groups excluding carboxylic acids is 1. The fraction of sp³-hybridized carbons (Fsp3) is 0.300. The quantitative estimate of drug-likeness (QED) is 0.762. The van der Waals surface area contributed by atoms with Crippen molar-refractivity contribution < 1.29 is 18.1 Å². The third-order valence-electron chi connectivity index (χ3n) is 1.66. The summed E-state index contributed by atoms with van der Waals surface area (Å²) in [7, 11) is -0.103. The van der Waals surface area contributed by atoms with Crippen molar-refractivity contribution in [3.63, 3.8) is 0 Å². The molecular formula is C10H11FO3S. The lowest BCUT2D eigenvalue weighted by atomic mass is 10.4. The van der Waals surface area contributed by atoms with Gasteiger partial charge in [0.05, 0.1) is 16.6 Å². The molecule has 3 nitrogen and oxygen atoms in total. The molecule has 0 aliphatic heterocycles. The van der Waals surface area contributed by atoms with Crippen LogP contribution in [-0.4, -0.2) is 29.5 Å². The van der Waals surface area contributed by atoms with Crippen molar-refractivity contribution in [1.82, 2.24) is 0 Å². The summed E-state index contributed by atoms with van der Waals surface area (Å²) in [5.74, 6) is -0.864. The Morgan fingerprint density at radius 3 is 2.87 bits per heavy atom. The van der Waals surface area contributed by atoms with Crippen LogP contribution in [0.15, 0.2) is 29.2 Å². The lowest BCUT2D eigenvalue weighted by Gasteiger charge is -2.01. The maximum absolute atomic E-state index is 12.8. The number of hydrogen-bond acceptors (Lipinski definition) is 3. The Hall–Kier alpha value is -1.07. The number of benzene rings is 1. The van der Waals surface area contributed by atoms with E-state index in [1.54, 1.807) is 0 Å². The lowest BCUT2D eigenvalue weighted by Crippen LogP contribution is -2.15. The van der Waals surface area contributed by atoms with Gasteiger partial charge in [-0.25, -0.2) is 4.39 Å². The highest BCUT2D eigenvalue weighted by atomic mass is 32.2. The van der Waals surface area contributed by atoms with Gasteiger partial charge >= 0.3 is 0 Å². The molecule has 0 radical (unpaired) electrons. The molecule has 15 heavy (non-hydrogen) atoms. The summed E-state index contributed by atoms with van der Waals surface area (Å²) in [6, 6.07) is 5.41. The molecule has 1 unspecified atom stereocenters. The van der Waals surface area contributed by atoms with Gasteiger partial charge in [0.2, 0.25) is 0 Å². The Morgan fingerprint density at radius 2 is 2.27 bits per heavy atom. The standard InChI is InChI=1S/C10H11FO3S/c1-14-6-9(12)7-15(13)10-4-2-3-8(11)5-10/h2-5H,6-7H2,1H3. The number of hydrogen-bond donors (Lipinski definition) is 0. The number of halogens is 1. The Kier molecular flexibility index (Phi) is 4.58. The minimum Gasteiger partial charge on any atom is -0.377 e. The van der Waals surface area contributed by atoms with Gasteiger partial charge in [0.25, 0.3) is 0 Å². The molecule has 0 amide bonds. The van der Waals surface area contributed by atoms with Gasteiger partial charge in [0.15, 0.2) is 5.78 Å². The second-order valence-electron chi connectivity index (χ2n) is 2.92. The van der Waals surface area contributed by atoms with Crippen LogP contribution in [-0.2, 0) is 20.3 Å². The number of Topliss-reactive ketones (excluding diaryl/α,β-unsaturated/α-hetero) is 1. The van der Waals surface area contributed by atoms with E-state index in [-0.39, 0.29) is 18.1 Å². The van der Waals surface area contributed by atoms with Gasteiger partial charge in [-0.1, -0.05) is 6.07 Å². The van der Waals surface area contributed by atoms with E-state index < -0.39 is 16.6 Å². The van der Waals surface area contributed by atoms with E-state index in [4.69, 9.17) is 0 Å². The number of rotatable bonds is 5. The van der Waals surface area contributed by atoms with Crippen molar-refractivity contribution in [2.45, 2.75) is 4.90 Å². The van der Waals surface area contributed by atoms with E-state index in [2.05, 4.69) is 4.74 Å². The van der Waals surface area contributed by atoms with E-state index in [1.807, 2.05) is 0 Å². The third kappa shape index (κ3) is 3.89. The maximum Gasteiger partial charge on any atom is 0.171 e. The molecule has 0 fully saturated rings. The molecule has 0 saturated carbocycles. The van der Waals surface area contributed by atoms with Crippen LogP contribution in [0.5, 0.6) is 0 Å². The molecule has 0 bridgehead atoms. The fourth-order valence-corrected chi connectivity index (χ4v) is 2.06. The molecule has 0 aliphatic rings. The minimum absolute atomic E-state index is 0.0684. The van der Waals surface area contributed by atoms with Gasteiger partial charge in [-0.2, -0.15) is 0 Å². The average Bonchev–Trinajstić information content (AvgIpc) is 2.18. The molecule has 1 atom stereocenters.